The smallest absolute Gasteiger partial charge is 0.323 e. The molecule has 0 atom stereocenters. The third kappa shape index (κ3) is 2.94. The largest absolute Gasteiger partial charge is 0.460 e. The number of ether oxygens (including phenoxy) is 2. The standard InChI is InChI=1S/C24H22O3/c1-2-26-17-24(23(25)27-16-18-10-4-3-5-11-18)21-14-8-6-12-19(21)20-13-7-9-15-22(20)24/h3-15H,2,16-17H2,1H3. The molecule has 4 rings (SSSR count). The second kappa shape index (κ2) is 7.37. The van der Waals surface area contributed by atoms with Gasteiger partial charge in [0.25, 0.3) is 0 Å². The Kier molecular flexibility index (Phi) is 4.78. The zero-order valence-electron chi connectivity index (χ0n) is 15.4. The Morgan fingerprint density at radius 3 is 1.96 bits per heavy atom. The highest BCUT2D eigenvalue weighted by Crippen LogP contribution is 2.49. The molecule has 0 spiro atoms. The van der Waals surface area contributed by atoms with E-state index in [1.54, 1.807) is 0 Å². The van der Waals surface area contributed by atoms with E-state index in [0.29, 0.717) is 6.61 Å². The van der Waals surface area contributed by atoms with E-state index in [-0.39, 0.29) is 19.2 Å². The minimum absolute atomic E-state index is 0.248. The van der Waals surface area contributed by atoms with Crippen LogP contribution in [-0.4, -0.2) is 19.2 Å². The van der Waals surface area contributed by atoms with Crippen molar-refractivity contribution in [1.82, 2.24) is 0 Å². The van der Waals surface area contributed by atoms with E-state index in [1.807, 2.05) is 73.7 Å². The van der Waals surface area contributed by atoms with Crippen molar-refractivity contribution >= 4 is 5.97 Å². The van der Waals surface area contributed by atoms with Crippen LogP contribution in [0.1, 0.15) is 23.6 Å². The van der Waals surface area contributed by atoms with Gasteiger partial charge < -0.3 is 9.47 Å². The second-order valence-corrected chi connectivity index (χ2v) is 6.70. The molecule has 0 unspecified atom stereocenters. The van der Waals surface area contributed by atoms with E-state index in [2.05, 4.69) is 12.1 Å². The van der Waals surface area contributed by atoms with Crippen molar-refractivity contribution in [3.05, 3.63) is 95.6 Å². The van der Waals surface area contributed by atoms with Crippen LogP contribution in [0.3, 0.4) is 0 Å². The summed E-state index contributed by atoms with van der Waals surface area (Å²) in [6.45, 7) is 3.00. The summed E-state index contributed by atoms with van der Waals surface area (Å²) >= 11 is 0. The highest BCUT2D eigenvalue weighted by Gasteiger charge is 2.50. The molecule has 0 fully saturated rings. The lowest BCUT2D eigenvalue weighted by Crippen LogP contribution is -2.41. The summed E-state index contributed by atoms with van der Waals surface area (Å²) in [5.74, 6) is -0.266. The monoisotopic (exact) mass is 358 g/mol. The summed E-state index contributed by atoms with van der Waals surface area (Å²) in [5.41, 5.74) is 4.10. The quantitative estimate of drug-likeness (QED) is 0.598. The fourth-order valence-electron chi connectivity index (χ4n) is 3.86. The van der Waals surface area contributed by atoms with E-state index in [1.165, 1.54) is 0 Å². The maximum atomic E-state index is 13.5. The number of carbonyl (C=O) groups is 1. The number of rotatable bonds is 6. The number of esters is 1. The minimum Gasteiger partial charge on any atom is -0.460 e. The van der Waals surface area contributed by atoms with Crippen LogP contribution in [0.4, 0.5) is 0 Å². The summed E-state index contributed by atoms with van der Waals surface area (Å²) in [6, 6.07) is 25.8. The molecule has 0 aromatic heterocycles. The number of fused-ring (bicyclic) bond motifs is 3. The molecule has 3 nitrogen and oxygen atoms in total. The van der Waals surface area contributed by atoms with Gasteiger partial charge in [0, 0.05) is 6.61 Å². The van der Waals surface area contributed by atoms with Crippen LogP contribution in [-0.2, 0) is 26.3 Å². The van der Waals surface area contributed by atoms with Gasteiger partial charge in [0.05, 0.1) is 6.61 Å². The number of benzene rings is 3. The zero-order chi connectivity index (χ0) is 18.7. The van der Waals surface area contributed by atoms with Crippen molar-refractivity contribution in [3.8, 4) is 11.1 Å². The molecule has 3 heteroatoms. The lowest BCUT2D eigenvalue weighted by molar-refractivity contribution is -0.152. The van der Waals surface area contributed by atoms with Crippen LogP contribution in [0.25, 0.3) is 11.1 Å². The molecule has 0 radical (unpaired) electrons. The molecule has 0 amide bonds. The topological polar surface area (TPSA) is 35.5 Å². The van der Waals surface area contributed by atoms with Crippen molar-refractivity contribution in [2.75, 3.05) is 13.2 Å². The molecule has 0 saturated heterocycles. The van der Waals surface area contributed by atoms with Gasteiger partial charge in [-0.2, -0.15) is 0 Å². The molecule has 0 aliphatic heterocycles. The molecule has 27 heavy (non-hydrogen) atoms. The van der Waals surface area contributed by atoms with Crippen LogP contribution in [0, 0.1) is 0 Å². The SMILES string of the molecule is CCOCC1(C(=O)OCc2ccccc2)c2ccccc2-c2ccccc21. The number of carbonyl (C=O) groups excluding carboxylic acids is 1. The predicted octanol–water partition coefficient (Wildman–Crippen LogP) is 4.73. The average Bonchev–Trinajstić information content (AvgIpc) is 3.02. The first kappa shape index (κ1) is 17.5. The van der Waals surface area contributed by atoms with Crippen molar-refractivity contribution in [1.29, 1.82) is 0 Å². The summed E-state index contributed by atoms with van der Waals surface area (Å²) in [5, 5.41) is 0. The fraction of sp³-hybridized carbons (Fsp3) is 0.208. The predicted molar refractivity (Wildman–Crippen MR) is 105 cm³/mol. The number of hydrogen-bond acceptors (Lipinski definition) is 3. The van der Waals surface area contributed by atoms with Crippen molar-refractivity contribution in [3.63, 3.8) is 0 Å². The van der Waals surface area contributed by atoms with Crippen LogP contribution in [0.2, 0.25) is 0 Å². The molecule has 0 heterocycles. The Morgan fingerprint density at radius 1 is 0.815 bits per heavy atom. The summed E-state index contributed by atoms with van der Waals surface area (Å²) < 4.78 is 11.6. The van der Waals surface area contributed by atoms with Crippen molar-refractivity contribution in [2.45, 2.75) is 18.9 Å². The summed E-state index contributed by atoms with van der Waals surface area (Å²) in [7, 11) is 0. The Bertz CT molecular complexity index is 901. The van der Waals surface area contributed by atoms with E-state index < -0.39 is 5.41 Å². The fourth-order valence-corrected chi connectivity index (χ4v) is 3.86. The van der Waals surface area contributed by atoms with Gasteiger partial charge in [0.15, 0.2) is 0 Å². The van der Waals surface area contributed by atoms with Crippen molar-refractivity contribution < 1.29 is 14.3 Å². The van der Waals surface area contributed by atoms with E-state index in [0.717, 1.165) is 27.8 Å². The first-order valence-electron chi connectivity index (χ1n) is 9.25. The molecule has 0 N–H and O–H groups in total. The van der Waals surface area contributed by atoms with Crippen molar-refractivity contribution in [2.24, 2.45) is 0 Å². The van der Waals surface area contributed by atoms with Gasteiger partial charge in [-0.05, 0) is 34.7 Å². The average molecular weight is 358 g/mol. The molecule has 3 aromatic carbocycles. The molecule has 0 saturated carbocycles. The van der Waals surface area contributed by atoms with Gasteiger partial charge in [-0.3, -0.25) is 4.79 Å². The Labute approximate surface area is 159 Å². The normalized spacial score (nSPS) is 13.7. The molecule has 1 aliphatic rings. The van der Waals surface area contributed by atoms with Crippen LogP contribution in [0.15, 0.2) is 78.9 Å². The molecule has 0 bridgehead atoms. The Balaban J connectivity index is 1.77. The second-order valence-electron chi connectivity index (χ2n) is 6.70. The maximum absolute atomic E-state index is 13.5. The van der Waals surface area contributed by atoms with Gasteiger partial charge in [-0.25, -0.2) is 0 Å². The molecule has 1 aliphatic carbocycles. The first-order chi connectivity index (χ1) is 13.3. The zero-order valence-corrected chi connectivity index (χ0v) is 15.4. The van der Waals surface area contributed by atoms with Crippen LogP contribution in [0.5, 0.6) is 0 Å². The van der Waals surface area contributed by atoms with Gasteiger partial charge in [0.2, 0.25) is 0 Å². The lowest BCUT2D eigenvalue weighted by Gasteiger charge is -2.29. The minimum atomic E-state index is -0.933. The first-order valence-corrected chi connectivity index (χ1v) is 9.25. The van der Waals surface area contributed by atoms with E-state index in [9.17, 15) is 4.79 Å². The van der Waals surface area contributed by atoms with Gasteiger partial charge >= 0.3 is 5.97 Å². The lowest BCUT2D eigenvalue weighted by atomic mass is 9.79. The van der Waals surface area contributed by atoms with Gasteiger partial charge in [-0.1, -0.05) is 78.9 Å². The Morgan fingerprint density at radius 2 is 1.37 bits per heavy atom. The van der Waals surface area contributed by atoms with E-state index in [4.69, 9.17) is 9.47 Å². The van der Waals surface area contributed by atoms with Gasteiger partial charge in [0.1, 0.15) is 12.0 Å². The van der Waals surface area contributed by atoms with Crippen LogP contribution < -0.4 is 0 Å². The molecular formula is C24H22O3. The summed E-state index contributed by atoms with van der Waals surface area (Å²) in [4.78, 5) is 13.5. The third-order valence-electron chi connectivity index (χ3n) is 5.15. The summed E-state index contributed by atoms with van der Waals surface area (Å²) in [6.07, 6.45) is 0. The highest BCUT2D eigenvalue weighted by molar-refractivity contribution is 5.98. The maximum Gasteiger partial charge on any atom is 0.323 e. The Hall–Kier alpha value is -2.91. The third-order valence-corrected chi connectivity index (χ3v) is 5.15. The molecular weight excluding hydrogens is 336 g/mol. The molecule has 136 valence electrons. The molecule has 3 aromatic rings. The highest BCUT2D eigenvalue weighted by atomic mass is 16.5. The van der Waals surface area contributed by atoms with E-state index >= 15 is 0 Å². The number of hydrogen-bond donors (Lipinski definition) is 0. The van der Waals surface area contributed by atoms with Gasteiger partial charge in [-0.15, -0.1) is 0 Å². The van der Waals surface area contributed by atoms with Crippen LogP contribution >= 0.6 is 0 Å².